The Morgan fingerprint density at radius 1 is 1.05 bits per heavy atom. The van der Waals surface area contributed by atoms with Gasteiger partial charge < -0.3 is 5.32 Å². The van der Waals surface area contributed by atoms with E-state index in [4.69, 9.17) is 0 Å². The molecular weight excluding hydrogens is 248 g/mol. The van der Waals surface area contributed by atoms with Crippen LogP contribution < -0.4 is 5.32 Å². The Morgan fingerprint density at radius 3 is 2.32 bits per heavy atom. The Morgan fingerprint density at radius 2 is 1.68 bits per heavy atom. The van der Waals surface area contributed by atoms with Crippen LogP contribution in [-0.4, -0.2) is 5.91 Å². The van der Waals surface area contributed by atoms with Crippen molar-refractivity contribution in [2.45, 2.75) is 13.3 Å². The van der Waals surface area contributed by atoms with Crippen molar-refractivity contribution in [3.05, 3.63) is 65.2 Å². The summed E-state index contributed by atoms with van der Waals surface area (Å²) in [6.07, 6.45) is 0.718. The molecule has 2 aromatic rings. The summed E-state index contributed by atoms with van der Waals surface area (Å²) in [5.41, 5.74) is 0.915. The molecule has 0 unspecified atom stereocenters. The molecule has 1 amide bonds. The van der Waals surface area contributed by atoms with E-state index in [0.717, 1.165) is 24.1 Å². The molecule has 0 aliphatic rings. The fourth-order valence-corrected chi connectivity index (χ4v) is 1.85. The quantitative estimate of drug-likeness (QED) is 0.895. The summed E-state index contributed by atoms with van der Waals surface area (Å²) < 4.78 is 27.0. The first-order chi connectivity index (χ1) is 9.13. The average Bonchev–Trinajstić information content (AvgIpc) is 2.39. The van der Waals surface area contributed by atoms with E-state index >= 15 is 0 Å². The van der Waals surface area contributed by atoms with E-state index in [1.165, 1.54) is 6.07 Å². The van der Waals surface area contributed by atoms with E-state index in [0.29, 0.717) is 5.69 Å². The molecule has 2 aromatic carbocycles. The number of para-hydroxylation sites is 1. The zero-order chi connectivity index (χ0) is 13.8. The Labute approximate surface area is 110 Å². The van der Waals surface area contributed by atoms with Crippen molar-refractivity contribution in [2.75, 3.05) is 5.32 Å². The van der Waals surface area contributed by atoms with Gasteiger partial charge in [-0.25, -0.2) is 8.78 Å². The topological polar surface area (TPSA) is 29.1 Å². The molecule has 0 saturated heterocycles. The summed E-state index contributed by atoms with van der Waals surface area (Å²) in [5, 5.41) is 2.54. The van der Waals surface area contributed by atoms with Crippen molar-refractivity contribution in [3.8, 4) is 0 Å². The number of carbonyl (C=O) groups is 1. The molecule has 0 aromatic heterocycles. The second-order valence-electron chi connectivity index (χ2n) is 4.06. The number of rotatable bonds is 3. The summed E-state index contributed by atoms with van der Waals surface area (Å²) in [6.45, 7) is 1.94. The van der Waals surface area contributed by atoms with Crippen LogP contribution >= 0.6 is 0 Å². The number of aryl methyl sites for hydroxylation is 1. The Kier molecular flexibility index (Phi) is 3.90. The normalized spacial score (nSPS) is 10.3. The molecule has 2 rings (SSSR count). The Hall–Kier alpha value is -2.23. The van der Waals surface area contributed by atoms with Gasteiger partial charge >= 0.3 is 0 Å². The minimum absolute atomic E-state index is 0.562. The standard InChI is InChI=1S/C15H13F2NO/c1-2-10-6-3-4-9-13(10)18-15(19)14-11(16)7-5-8-12(14)17/h3-9H,2H2,1H3,(H,18,19). The van der Waals surface area contributed by atoms with E-state index in [9.17, 15) is 13.6 Å². The molecule has 0 aliphatic heterocycles. The van der Waals surface area contributed by atoms with Crippen molar-refractivity contribution < 1.29 is 13.6 Å². The number of halogens is 2. The van der Waals surface area contributed by atoms with Crippen molar-refractivity contribution in [2.24, 2.45) is 0 Å². The first kappa shape index (κ1) is 13.2. The lowest BCUT2D eigenvalue weighted by atomic mass is 10.1. The first-order valence-electron chi connectivity index (χ1n) is 5.96. The number of anilines is 1. The average molecular weight is 261 g/mol. The lowest BCUT2D eigenvalue weighted by Crippen LogP contribution is -2.16. The van der Waals surface area contributed by atoms with Crippen molar-refractivity contribution in [1.29, 1.82) is 0 Å². The van der Waals surface area contributed by atoms with Crippen molar-refractivity contribution in [1.82, 2.24) is 0 Å². The monoisotopic (exact) mass is 261 g/mol. The second-order valence-corrected chi connectivity index (χ2v) is 4.06. The van der Waals surface area contributed by atoms with E-state index in [2.05, 4.69) is 5.32 Å². The number of nitrogens with one attached hydrogen (secondary N) is 1. The summed E-state index contributed by atoms with van der Waals surface area (Å²) in [7, 11) is 0. The van der Waals surface area contributed by atoms with Gasteiger partial charge in [0.1, 0.15) is 17.2 Å². The zero-order valence-corrected chi connectivity index (χ0v) is 10.4. The number of amides is 1. The van der Waals surface area contributed by atoms with Gasteiger partial charge in [0.05, 0.1) is 0 Å². The maximum atomic E-state index is 13.5. The predicted molar refractivity (Wildman–Crippen MR) is 70.1 cm³/mol. The van der Waals surface area contributed by atoms with Gasteiger partial charge in [0, 0.05) is 5.69 Å². The highest BCUT2D eigenvalue weighted by Gasteiger charge is 2.17. The van der Waals surface area contributed by atoms with Gasteiger partial charge in [-0.1, -0.05) is 31.2 Å². The Bertz CT molecular complexity index is 591. The molecule has 0 saturated carbocycles. The molecule has 98 valence electrons. The van der Waals surface area contributed by atoms with E-state index in [1.54, 1.807) is 12.1 Å². The van der Waals surface area contributed by atoms with Crippen LogP contribution in [0.25, 0.3) is 0 Å². The maximum absolute atomic E-state index is 13.5. The summed E-state index contributed by atoms with van der Waals surface area (Å²) in [5.74, 6) is -2.52. The van der Waals surface area contributed by atoms with Gasteiger partial charge in [0.2, 0.25) is 0 Å². The molecule has 0 heterocycles. The number of hydrogen-bond acceptors (Lipinski definition) is 1. The highest BCUT2D eigenvalue weighted by Crippen LogP contribution is 2.18. The van der Waals surface area contributed by atoms with Crippen LogP contribution in [0.4, 0.5) is 14.5 Å². The highest BCUT2D eigenvalue weighted by atomic mass is 19.1. The molecule has 0 fully saturated rings. The summed E-state index contributed by atoms with van der Waals surface area (Å²) >= 11 is 0. The van der Waals surface area contributed by atoms with Crippen LogP contribution in [0.1, 0.15) is 22.8 Å². The lowest BCUT2D eigenvalue weighted by molar-refractivity contribution is 0.101. The molecule has 0 spiro atoms. The molecule has 19 heavy (non-hydrogen) atoms. The van der Waals surface area contributed by atoms with E-state index in [-0.39, 0.29) is 0 Å². The zero-order valence-electron chi connectivity index (χ0n) is 10.4. The third-order valence-corrected chi connectivity index (χ3v) is 2.84. The maximum Gasteiger partial charge on any atom is 0.261 e. The number of carbonyl (C=O) groups excluding carboxylic acids is 1. The molecule has 0 radical (unpaired) electrons. The minimum Gasteiger partial charge on any atom is -0.322 e. The predicted octanol–water partition coefficient (Wildman–Crippen LogP) is 3.78. The molecular formula is C15H13F2NO. The van der Waals surface area contributed by atoms with Gasteiger partial charge in [0.25, 0.3) is 5.91 Å². The van der Waals surface area contributed by atoms with Crippen LogP contribution in [0.5, 0.6) is 0 Å². The molecule has 1 N–H and O–H groups in total. The third-order valence-electron chi connectivity index (χ3n) is 2.84. The summed E-state index contributed by atoms with van der Waals surface area (Å²) in [6, 6.07) is 10.5. The van der Waals surface area contributed by atoms with Crippen LogP contribution in [0.3, 0.4) is 0 Å². The van der Waals surface area contributed by atoms with E-state index in [1.807, 2.05) is 19.1 Å². The van der Waals surface area contributed by atoms with Gasteiger partial charge in [-0.15, -0.1) is 0 Å². The molecule has 0 bridgehead atoms. The van der Waals surface area contributed by atoms with Crippen LogP contribution in [0.15, 0.2) is 42.5 Å². The molecule has 2 nitrogen and oxygen atoms in total. The lowest BCUT2D eigenvalue weighted by Gasteiger charge is -2.10. The van der Waals surface area contributed by atoms with Gasteiger partial charge in [-0.3, -0.25) is 4.79 Å². The van der Waals surface area contributed by atoms with Crippen molar-refractivity contribution >= 4 is 11.6 Å². The fourth-order valence-electron chi connectivity index (χ4n) is 1.85. The largest absolute Gasteiger partial charge is 0.322 e. The number of benzene rings is 2. The SMILES string of the molecule is CCc1ccccc1NC(=O)c1c(F)cccc1F. The van der Waals surface area contributed by atoms with E-state index < -0.39 is 23.1 Å². The van der Waals surface area contributed by atoms with Crippen LogP contribution in [0.2, 0.25) is 0 Å². The second kappa shape index (κ2) is 5.61. The molecule has 0 atom stereocenters. The fraction of sp³-hybridized carbons (Fsp3) is 0.133. The van der Waals surface area contributed by atoms with Crippen LogP contribution in [-0.2, 0) is 6.42 Å². The first-order valence-corrected chi connectivity index (χ1v) is 5.96. The van der Waals surface area contributed by atoms with Gasteiger partial charge in [-0.05, 0) is 30.2 Å². The van der Waals surface area contributed by atoms with Gasteiger partial charge in [0.15, 0.2) is 0 Å². The van der Waals surface area contributed by atoms with Crippen LogP contribution in [0, 0.1) is 11.6 Å². The molecule has 0 aliphatic carbocycles. The van der Waals surface area contributed by atoms with Crippen molar-refractivity contribution in [3.63, 3.8) is 0 Å². The number of hydrogen-bond donors (Lipinski definition) is 1. The van der Waals surface area contributed by atoms with Gasteiger partial charge in [-0.2, -0.15) is 0 Å². The third kappa shape index (κ3) is 2.78. The molecule has 4 heteroatoms. The summed E-state index contributed by atoms with van der Waals surface area (Å²) in [4.78, 5) is 11.9. The smallest absolute Gasteiger partial charge is 0.261 e. The Balaban J connectivity index is 2.31. The highest BCUT2D eigenvalue weighted by molar-refractivity contribution is 6.05. The minimum atomic E-state index is -0.869.